The zero-order valence-electron chi connectivity index (χ0n) is 11.5. The van der Waals surface area contributed by atoms with Crippen molar-refractivity contribution in [3.05, 3.63) is 24.3 Å². The van der Waals surface area contributed by atoms with Crippen molar-refractivity contribution in [2.24, 2.45) is 0 Å². The molecule has 5 nitrogen and oxygen atoms in total. The second-order valence-corrected chi connectivity index (χ2v) is 8.78. The summed E-state index contributed by atoms with van der Waals surface area (Å²) in [5.74, 6) is 0. The molecule has 19 heavy (non-hydrogen) atoms. The Morgan fingerprint density at radius 2 is 1.42 bits per heavy atom. The zero-order chi connectivity index (χ0) is 14.9. The van der Waals surface area contributed by atoms with Gasteiger partial charge in [0.05, 0.1) is 9.79 Å². The van der Waals surface area contributed by atoms with Crippen LogP contribution in [0.3, 0.4) is 0 Å². The molecule has 1 rings (SSSR count). The minimum Gasteiger partial charge on any atom is -0.224 e. The molecule has 0 bridgehead atoms. The van der Waals surface area contributed by atoms with Crippen molar-refractivity contribution in [1.29, 1.82) is 0 Å². The Kier molecular flexibility index (Phi) is 4.44. The molecule has 0 aliphatic carbocycles. The number of sulfone groups is 1. The van der Waals surface area contributed by atoms with Gasteiger partial charge in [0.15, 0.2) is 9.84 Å². The van der Waals surface area contributed by atoms with Gasteiger partial charge in [-0.2, -0.15) is 0 Å². The summed E-state index contributed by atoms with van der Waals surface area (Å²) in [4.78, 5) is 0.155. The highest BCUT2D eigenvalue weighted by Gasteiger charge is 2.24. The molecule has 0 fully saturated rings. The van der Waals surface area contributed by atoms with E-state index in [2.05, 4.69) is 4.72 Å². The average Bonchev–Trinajstić information content (AvgIpc) is 2.27. The second kappa shape index (κ2) is 5.22. The Bertz CT molecular complexity index is 643. The normalized spacial score (nSPS) is 13.5. The summed E-state index contributed by atoms with van der Waals surface area (Å²) in [6, 6.07) is 5.18. The Labute approximate surface area is 115 Å². The van der Waals surface area contributed by atoms with E-state index in [1.54, 1.807) is 13.8 Å². The summed E-state index contributed by atoms with van der Waals surface area (Å²) in [5, 5.41) is 0. The summed E-state index contributed by atoms with van der Waals surface area (Å²) >= 11 is 0. The molecule has 0 saturated carbocycles. The Morgan fingerprint density at radius 1 is 1.00 bits per heavy atom. The van der Waals surface area contributed by atoms with Gasteiger partial charge in [-0.25, -0.2) is 21.6 Å². The fourth-order valence-corrected chi connectivity index (χ4v) is 3.48. The van der Waals surface area contributed by atoms with Crippen LogP contribution >= 0.6 is 0 Å². The standard InChI is InChI=1S/C12H19NO4S2/c1-5-12(2,3)13-19(16,17)11-8-6-10(7-9-11)18(4,14)15/h6-9,13H,5H2,1-4H3. The van der Waals surface area contributed by atoms with Crippen LogP contribution in [0.5, 0.6) is 0 Å². The van der Waals surface area contributed by atoms with E-state index in [1.807, 2.05) is 6.92 Å². The molecule has 0 radical (unpaired) electrons. The van der Waals surface area contributed by atoms with E-state index in [1.165, 1.54) is 24.3 Å². The van der Waals surface area contributed by atoms with Gasteiger partial charge in [0.2, 0.25) is 10.0 Å². The molecule has 1 N–H and O–H groups in total. The number of sulfonamides is 1. The predicted octanol–water partition coefficient (Wildman–Crippen LogP) is 1.56. The van der Waals surface area contributed by atoms with Gasteiger partial charge in [-0.05, 0) is 44.5 Å². The SMILES string of the molecule is CCC(C)(C)NS(=O)(=O)c1ccc(S(C)(=O)=O)cc1. The van der Waals surface area contributed by atoms with Crippen molar-refractivity contribution in [2.45, 2.75) is 42.5 Å². The maximum atomic E-state index is 12.1. The van der Waals surface area contributed by atoms with E-state index in [4.69, 9.17) is 0 Å². The number of hydrogen-bond donors (Lipinski definition) is 1. The van der Waals surface area contributed by atoms with Gasteiger partial charge in [-0.15, -0.1) is 0 Å². The molecule has 0 atom stereocenters. The number of hydrogen-bond acceptors (Lipinski definition) is 4. The third-order valence-corrected chi connectivity index (χ3v) is 5.70. The van der Waals surface area contributed by atoms with Crippen molar-refractivity contribution in [3.63, 3.8) is 0 Å². The molecule has 108 valence electrons. The van der Waals surface area contributed by atoms with Gasteiger partial charge in [0.1, 0.15) is 0 Å². The van der Waals surface area contributed by atoms with Crippen LogP contribution in [0.25, 0.3) is 0 Å². The van der Waals surface area contributed by atoms with Crippen LogP contribution in [0.15, 0.2) is 34.1 Å². The summed E-state index contributed by atoms with van der Waals surface area (Å²) in [6.45, 7) is 5.46. The summed E-state index contributed by atoms with van der Waals surface area (Å²) in [5.41, 5.74) is -0.547. The van der Waals surface area contributed by atoms with E-state index in [9.17, 15) is 16.8 Å². The first kappa shape index (κ1) is 16.1. The lowest BCUT2D eigenvalue weighted by Crippen LogP contribution is -2.42. The van der Waals surface area contributed by atoms with Gasteiger partial charge < -0.3 is 0 Å². The molecule has 0 saturated heterocycles. The van der Waals surface area contributed by atoms with Gasteiger partial charge in [-0.3, -0.25) is 0 Å². The molecule has 0 aliphatic heterocycles. The first-order chi connectivity index (χ1) is 8.48. The van der Waals surface area contributed by atoms with E-state index < -0.39 is 25.4 Å². The van der Waals surface area contributed by atoms with Crippen LogP contribution in [0.4, 0.5) is 0 Å². The predicted molar refractivity (Wildman–Crippen MR) is 74.2 cm³/mol. The lowest BCUT2D eigenvalue weighted by atomic mass is 10.0. The van der Waals surface area contributed by atoms with Gasteiger partial charge in [0.25, 0.3) is 0 Å². The molecule has 7 heteroatoms. The third-order valence-electron chi connectivity index (χ3n) is 2.86. The number of nitrogens with one attached hydrogen (secondary N) is 1. The smallest absolute Gasteiger partial charge is 0.224 e. The lowest BCUT2D eigenvalue weighted by molar-refractivity contribution is 0.439. The lowest BCUT2D eigenvalue weighted by Gasteiger charge is -2.24. The maximum Gasteiger partial charge on any atom is 0.241 e. The highest BCUT2D eigenvalue weighted by Crippen LogP contribution is 2.17. The van der Waals surface area contributed by atoms with Crippen molar-refractivity contribution in [1.82, 2.24) is 4.72 Å². The molecule has 0 unspecified atom stereocenters. The minimum atomic E-state index is -3.64. The summed E-state index contributed by atoms with van der Waals surface area (Å²) in [6.07, 6.45) is 1.72. The molecule has 0 amide bonds. The Balaban J connectivity index is 3.11. The highest BCUT2D eigenvalue weighted by atomic mass is 32.2. The molecular weight excluding hydrogens is 286 g/mol. The van der Waals surface area contributed by atoms with Crippen LogP contribution < -0.4 is 4.72 Å². The maximum absolute atomic E-state index is 12.1. The van der Waals surface area contributed by atoms with Gasteiger partial charge in [-0.1, -0.05) is 6.92 Å². The molecule has 1 aromatic rings. The first-order valence-electron chi connectivity index (χ1n) is 5.82. The number of benzene rings is 1. The van der Waals surface area contributed by atoms with Crippen LogP contribution in [0.2, 0.25) is 0 Å². The fraction of sp³-hybridized carbons (Fsp3) is 0.500. The molecule has 1 aromatic carbocycles. The fourth-order valence-electron chi connectivity index (χ4n) is 1.36. The zero-order valence-corrected chi connectivity index (χ0v) is 13.1. The Hall–Kier alpha value is -0.920. The van der Waals surface area contributed by atoms with Crippen molar-refractivity contribution in [3.8, 4) is 0 Å². The van der Waals surface area contributed by atoms with Gasteiger partial charge >= 0.3 is 0 Å². The number of rotatable bonds is 5. The molecule has 0 spiro atoms. The van der Waals surface area contributed by atoms with Gasteiger partial charge in [0, 0.05) is 11.8 Å². The third kappa shape index (κ3) is 4.29. The topological polar surface area (TPSA) is 80.3 Å². The monoisotopic (exact) mass is 305 g/mol. The van der Waals surface area contributed by atoms with E-state index >= 15 is 0 Å². The summed E-state index contributed by atoms with van der Waals surface area (Å²) in [7, 11) is -6.96. The molecule has 0 aromatic heterocycles. The second-order valence-electron chi connectivity index (χ2n) is 5.09. The van der Waals surface area contributed by atoms with Crippen molar-refractivity contribution < 1.29 is 16.8 Å². The molecule has 0 heterocycles. The van der Waals surface area contributed by atoms with Crippen molar-refractivity contribution >= 4 is 19.9 Å². The van der Waals surface area contributed by atoms with Crippen molar-refractivity contribution in [2.75, 3.05) is 6.26 Å². The Morgan fingerprint density at radius 3 is 1.79 bits per heavy atom. The average molecular weight is 305 g/mol. The highest BCUT2D eigenvalue weighted by molar-refractivity contribution is 7.90. The van der Waals surface area contributed by atoms with Crippen LogP contribution in [0, 0.1) is 0 Å². The first-order valence-corrected chi connectivity index (χ1v) is 9.19. The van der Waals surface area contributed by atoms with Crippen LogP contribution in [-0.2, 0) is 19.9 Å². The van der Waals surface area contributed by atoms with E-state index in [0.717, 1.165) is 6.26 Å². The largest absolute Gasteiger partial charge is 0.241 e. The quantitative estimate of drug-likeness (QED) is 0.895. The molecular formula is C12H19NO4S2. The molecule has 0 aliphatic rings. The van der Waals surface area contributed by atoms with Crippen LogP contribution in [0.1, 0.15) is 27.2 Å². The van der Waals surface area contributed by atoms with Crippen LogP contribution in [-0.4, -0.2) is 28.6 Å². The summed E-state index contributed by atoms with van der Waals surface area (Å²) < 4.78 is 49.4. The van der Waals surface area contributed by atoms with E-state index in [0.29, 0.717) is 6.42 Å². The van der Waals surface area contributed by atoms with E-state index in [-0.39, 0.29) is 9.79 Å². The minimum absolute atomic E-state index is 0.0569.